The number of unbranched alkanes of at least 4 members (excludes halogenated alkanes) is 5. The summed E-state index contributed by atoms with van der Waals surface area (Å²) in [5, 5.41) is 20.3. The van der Waals surface area contributed by atoms with Gasteiger partial charge in [-0.2, -0.15) is 0 Å². The lowest BCUT2D eigenvalue weighted by Crippen LogP contribution is -2.02. The number of aromatic hydroxyl groups is 1. The molecule has 0 saturated carbocycles. The fourth-order valence-corrected chi connectivity index (χ4v) is 3.43. The van der Waals surface area contributed by atoms with Gasteiger partial charge in [0, 0.05) is 5.02 Å². The molecule has 4 nitrogen and oxygen atoms in total. The quantitative estimate of drug-likeness (QED) is 0.494. The summed E-state index contributed by atoms with van der Waals surface area (Å²) in [7, 11) is 0. The minimum absolute atomic E-state index is 0.274. The lowest BCUT2D eigenvalue weighted by molar-refractivity contribution is 0.458. The van der Waals surface area contributed by atoms with E-state index in [1.165, 1.54) is 36.9 Å². The van der Waals surface area contributed by atoms with Crippen LogP contribution in [0.25, 0.3) is 16.7 Å². The molecule has 0 aliphatic rings. The lowest BCUT2D eigenvalue weighted by Gasteiger charge is -2.11. The first kappa shape index (κ1) is 18.7. The first-order chi connectivity index (χ1) is 12.6. The summed E-state index contributed by atoms with van der Waals surface area (Å²) in [6.45, 7) is 4.26. The average Bonchev–Trinajstić information content (AvgIpc) is 3.03. The van der Waals surface area contributed by atoms with E-state index in [9.17, 15) is 5.11 Å². The van der Waals surface area contributed by atoms with Gasteiger partial charge in [-0.15, -0.1) is 15.0 Å². The van der Waals surface area contributed by atoms with Gasteiger partial charge in [-0.05, 0) is 55.2 Å². The molecule has 0 saturated heterocycles. The minimum Gasteiger partial charge on any atom is -0.505 e. The molecule has 2 aromatic carbocycles. The normalized spacial score (nSPS) is 11.3. The summed E-state index contributed by atoms with van der Waals surface area (Å²) in [6.07, 6.45) is 8.30. The maximum absolute atomic E-state index is 10.8. The van der Waals surface area contributed by atoms with Gasteiger partial charge in [0.2, 0.25) is 0 Å². The summed E-state index contributed by atoms with van der Waals surface area (Å²) >= 11 is 6.03. The van der Waals surface area contributed by atoms with Crippen LogP contribution in [0, 0.1) is 6.92 Å². The van der Waals surface area contributed by atoms with Crippen LogP contribution in [-0.4, -0.2) is 20.1 Å². The second-order valence-electron chi connectivity index (χ2n) is 6.93. The number of fused-ring (bicyclic) bond motifs is 1. The Bertz CT molecular complexity index is 888. The van der Waals surface area contributed by atoms with Crippen LogP contribution in [0.3, 0.4) is 0 Å². The molecule has 0 unspecified atom stereocenters. The highest BCUT2D eigenvalue weighted by atomic mass is 35.5. The molecule has 0 bridgehead atoms. The summed E-state index contributed by atoms with van der Waals surface area (Å²) in [5.74, 6) is 0.274. The highest BCUT2D eigenvalue weighted by molar-refractivity contribution is 6.31. The van der Waals surface area contributed by atoms with Crippen molar-refractivity contribution < 1.29 is 5.11 Å². The maximum Gasteiger partial charge on any atom is 0.146 e. The Morgan fingerprint density at radius 2 is 1.69 bits per heavy atom. The molecule has 0 atom stereocenters. The molecule has 1 aromatic heterocycles. The fourth-order valence-electron chi connectivity index (χ4n) is 3.27. The highest BCUT2D eigenvalue weighted by Crippen LogP contribution is 2.29. The van der Waals surface area contributed by atoms with E-state index in [0.29, 0.717) is 10.7 Å². The molecule has 3 rings (SSSR count). The molecule has 0 fully saturated rings. The number of nitrogens with zero attached hydrogens (tertiary/aromatic N) is 3. The van der Waals surface area contributed by atoms with Gasteiger partial charge in [0.15, 0.2) is 0 Å². The first-order valence-electron chi connectivity index (χ1n) is 9.44. The Hall–Kier alpha value is -2.07. The monoisotopic (exact) mass is 371 g/mol. The summed E-state index contributed by atoms with van der Waals surface area (Å²) in [6, 6.07) is 9.39. The van der Waals surface area contributed by atoms with E-state index < -0.39 is 0 Å². The van der Waals surface area contributed by atoms with E-state index in [2.05, 4.69) is 23.2 Å². The van der Waals surface area contributed by atoms with E-state index in [1.807, 2.05) is 19.1 Å². The van der Waals surface area contributed by atoms with E-state index in [0.717, 1.165) is 35.0 Å². The average molecular weight is 372 g/mol. The zero-order chi connectivity index (χ0) is 18.5. The van der Waals surface area contributed by atoms with E-state index >= 15 is 0 Å². The molecular weight excluding hydrogens is 346 g/mol. The Balaban J connectivity index is 1.80. The Kier molecular flexibility index (Phi) is 6.15. The molecule has 5 heteroatoms. The minimum atomic E-state index is 0.274. The van der Waals surface area contributed by atoms with Crippen molar-refractivity contribution >= 4 is 22.6 Å². The van der Waals surface area contributed by atoms with Crippen molar-refractivity contribution in [2.75, 3.05) is 0 Å². The van der Waals surface area contributed by atoms with Crippen LogP contribution in [0.4, 0.5) is 0 Å². The Labute approximate surface area is 159 Å². The fraction of sp³-hybridized carbons (Fsp3) is 0.429. The van der Waals surface area contributed by atoms with Gasteiger partial charge in [-0.25, -0.2) is 0 Å². The summed E-state index contributed by atoms with van der Waals surface area (Å²) in [5.41, 5.74) is 4.16. The smallest absolute Gasteiger partial charge is 0.146 e. The molecule has 138 valence electrons. The standard InChI is InChI=1S/C21H26ClN3O/c1-3-4-5-6-7-8-9-16-12-15(2)13-20(21(16)26)25-23-18-11-10-17(22)14-19(18)24-25/h10-14,26H,3-9H2,1-2H3. The molecule has 3 aromatic rings. The summed E-state index contributed by atoms with van der Waals surface area (Å²) in [4.78, 5) is 1.51. The second kappa shape index (κ2) is 8.54. The van der Waals surface area contributed by atoms with Crippen LogP contribution in [0.5, 0.6) is 5.75 Å². The van der Waals surface area contributed by atoms with Gasteiger partial charge in [0.1, 0.15) is 22.5 Å². The number of phenolic OH excluding ortho intramolecular Hbond substituents is 1. The number of halogens is 1. The van der Waals surface area contributed by atoms with Crippen molar-refractivity contribution in [3.63, 3.8) is 0 Å². The second-order valence-corrected chi connectivity index (χ2v) is 7.37. The van der Waals surface area contributed by atoms with Crippen LogP contribution in [0.2, 0.25) is 5.02 Å². The maximum atomic E-state index is 10.8. The van der Waals surface area contributed by atoms with Crippen molar-refractivity contribution in [2.24, 2.45) is 0 Å². The van der Waals surface area contributed by atoms with Gasteiger partial charge in [-0.1, -0.05) is 56.7 Å². The molecule has 1 heterocycles. The predicted molar refractivity (Wildman–Crippen MR) is 107 cm³/mol. The van der Waals surface area contributed by atoms with Gasteiger partial charge in [0.05, 0.1) is 0 Å². The third-order valence-corrected chi connectivity index (χ3v) is 4.91. The number of hydrogen-bond acceptors (Lipinski definition) is 3. The zero-order valence-electron chi connectivity index (χ0n) is 15.5. The lowest BCUT2D eigenvalue weighted by atomic mass is 10.0. The SMILES string of the molecule is CCCCCCCCc1cc(C)cc(-n2nc3ccc(Cl)cc3n2)c1O. The van der Waals surface area contributed by atoms with Crippen LogP contribution >= 0.6 is 11.6 Å². The van der Waals surface area contributed by atoms with E-state index in [-0.39, 0.29) is 5.75 Å². The van der Waals surface area contributed by atoms with Gasteiger partial charge >= 0.3 is 0 Å². The van der Waals surface area contributed by atoms with Crippen LogP contribution in [0.1, 0.15) is 56.6 Å². The van der Waals surface area contributed by atoms with E-state index in [1.54, 1.807) is 12.1 Å². The number of aryl methyl sites for hydroxylation is 2. The zero-order valence-corrected chi connectivity index (χ0v) is 16.3. The molecule has 0 aliphatic heterocycles. The van der Waals surface area contributed by atoms with Crippen molar-refractivity contribution in [3.05, 3.63) is 46.5 Å². The highest BCUT2D eigenvalue weighted by Gasteiger charge is 2.13. The van der Waals surface area contributed by atoms with Crippen molar-refractivity contribution in [1.29, 1.82) is 0 Å². The number of aromatic nitrogens is 3. The third-order valence-electron chi connectivity index (χ3n) is 4.67. The van der Waals surface area contributed by atoms with Crippen LogP contribution in [0.15, 0.2) is 30.3 Å². The first-order valence-corrected chi connectivity index (χ1v) is 9.81. The van der Waals surface area contributed by atoms with Gasteiger partial charge < -0.3 is 5.11 Å². The Morgan fingerprint density at radius 3 is 2.50 bits per heavy atom. The molecular formula is C21H26ClN3O. The predicted octanol–water partition coefficient (Wildman–Crippen LogP) is 5.99. The third kappa shape index (κ3) is 4.36. The number of phenols is 1. The molecule has 1 N–H and O–H groups in total. The van der Waals surface area contributed by atoms with Crippen molar-refractivity contribution in [2.45, 2.75) is 58.8 Å². The van der Waals surface area contributed by atoms with Crippen molar-refractivity contribution in [1.82, 2.24) is 15.0 Å². The van der Waals surface area contributed by atoms with Crippen LogP contribution < -0.4 is 0 Å². The number of benzene rings is 2. The largest absolute Gasteiger partial charge is 0.505 e. The molecule has 0 amide bonds. The number of rotatable bonds is 8. The topological polar surface area (TPSA) is 50.9 Å². The molecule has 0 radical (unpaired) electrons. The van der Waals surface area contributed by atoms with Gasteiger partial charge in [0.25, 0.3) is 0 Å². The van der Waals surface area contributed by atoms with Gasteiger partial charge in [-0.3, -0.25) is 0 Å². The van der Waals surface area contributed by atoms with Crippen molar-refractivity contribution in [3.8, 4) is 11.4 Å². The Morgan fingerprint density at radius 1 is 0.962 bits per heavy atom. The van der Waals surface area contributed by atoms with E-state index in [4.69, 9.17) is 11.6 Å². The number of hydrogen-bond donors (Lipinski definition) is 1. The molecule has 0 spiro atoms. The molecule has 26 heavy (non-hydrogen) atoms. The molecule has 0 aliphatic carbocycles. The van der Waals surface area contributed by atoms with Crippen LogP contribution in [-0.2, 0) is 6.42 Å². The summed E-state index contributed by atoms with van der Waals surface area (Å²) < 4.78 is 0.